The fourth-order valence-corrected chi connectivity index (χ4v) is 3.71. The van der Waals surface area contributed by atoms with Crippen LogP contribution >= 0.6 is 0 Å². The first-order valence-electron chi connectivity index (χ1n) is 9.41. The minimum Gasteiger partial charge on any atom is -0.339 e. The van der Waals surface area contributed by atoms with Gasteiger partial charge in [-0.15, -0.1) is 0 Å². The van der Waals surface area contributed by atoms with Crippen molar-refractivity contribution in [3.8, 4) is 0 Å². The molecule has 1 atom stereocenters. The number of likely N-dealkylation sites (tertiary alicyclic amines) is 1. The van der Waals surface area contributed by atoms with E-state index in [1.807, 2.05) is 6.07 Å². The average molecular weight is 341 g/mol. The van der Waals surface area contributed by atoms with Gasteiger partial charge in [-0.3, -0.25) is 9.69 Å². The van der Waals surface area contributed by atoms with E-state index in [2.05, 4.69) is 20.1 Å². The lowest BCUT2D eigenvalue weighted by Crippen LogP contribution is -2.37. The average Bonchev–Trinajstić information content (AvgIpc) is 3.54. The van der Waals surface area contributed by atoms with E-state index < -0.39 is 0 Å². The molecule has 1 saturated heterocycles. The fraction of sp³-hybridized carbons (Fsp3) is 0.667. The van der Waals surface area contributed by atoms with E-state index in [0.29, 0.717) is 31.0 Å². The van der Waals surface area contributed by atoms with Crippen LogP contribution in [0.2, 0.25) is 0 Å². The molecule has 0 N–H and O–H groups in total. The first-order valence-corrected chi connectivity index (χ1v) is 9.41. The van der Waals surface area contributed by atoms with Crippen molar-refractivity contribution in [3.63, 3.8) is 0 Å². The predicted octanol–water partition coefficient (Wildman–Crippen LogP) is 2.05. The number of hydrogen-bond acceptors (Lipinski definition) is 6. The van der Waals surface area contributed by atoms with Gasteiger partial charge in [0.2, 0.25) is 5.89 Å². The van der Waals surface area contributed by atoms with E-state index in [9.17, 15) is 4.79 Å². The van der Waals surface area contributed by atoms with Crippen LogP contribution in [-0.4, -0.2) is 37.4 Å². The van der Waals surface area contributed by atoms with Crippen molar-refractivity contribution >= 4 is 0 Å². The number of aromatic nitrogens is 4. The van der Waals surface area contributed by atoms with E-state index in [1.54, 1.807) is 10.7 Å². The van der Waals surface area contributed by atoms with E-state index >= 15 is 0 Å². The van der Waals surface area contributed by atoms with Crippen molar-refractivity contribution in [2.75, 3.05) is 6.54 Å². The zero-order valence-corrected chi connectivity index (χ0v) is 14.3. The van der Waals surface area contributed by atoms with Crippen LogP contribution in [0.1, 0.15) is 67.8 Å². The molecule has 2 aromatic heterocycles. The van der Waals surface area contributed by atoms with Gasteiger partial charge in [0.15, 0.2) is 5.82 Å². The molecule has 3 heterocycles. The highest BCUT2D eigenvalue weighted by Gasteiger charge is 2.32. The highest BCUT2D eigenvalue weighted by atomic mass is 16.5. The molecule has 132 valence electrons. The summed E-state index contributed by atoms with van der Waals surface area (Å²) in [6.45, 7) is 2.35. The zero-order chi connectivity index (χ0) is 16.8. The van der Waals surface area contributed by atoms with Gasteiger partial charge in [0.05, 0.1) is 18.8 Å². The predicted molar refractivity (Wildman–Crippen MR) is 90.2 cm³/mol. The van der Waals surface area contributed by atoms with Crippen LogP contribution in [0, 0.1) is 0 Å². The standard InChI is InChI=1S/C18H23N5O2/c24-17-8-7-15(12-3-4-12)20-23(17)10-14-2-1-9-22(14)11-16-19-18(25-21-16)13-5-6-13/h7-8,12-14H,1-6,9-11H2. The highest BCUT2D eigenvalue weighted by molar-refractivity contribution is 5.12. The molecule has 0 amide bonds. The Bertz CT molecular complexity index is 821. The lowest BCUT2D eigenvalue weighted by Gasteiger charge is -2.23. The van der Waals surface area contributed by atoms with Crippen molar-refractivity contribution in [1.82, 2.24) is 24.8 Å². The Balaban J connectivity index is 1.29. The maximum absolute atomic E-state index is 12.2. The van der Waals surface area contributed by atoms with E-state index in [1.165, 1.54) is 25.7 Å². The third-order valence-corrected chi connectivity index (χ3v) is 5.52. The quantitative estimate of drug-likeness (QED) is 0.800. The summed E-state index contributed by atoms with van der Waals surface area (Å²) in [4.78, 5) is 19.1. The Morgan fingerprint density at radius 2 is 1.96 bits per heavy atom. The SMILES string of the molecule is O=c1ccc(C2CC2)nn1CC1CCCN1Cc1noc(C2CC2)n1. The second-order valence-electron chi connectivity index (χ2n) is 7.64. The summed E-state index contributed by atoms with van der Waals surface area (Å²) in [5.74, 6) is 2.61. The molecule has 2 aliphatic carbocycles. The molecule has 7 nitrogen and oxygen atoms in total. The highest BCUT2D eigenvalue weighted by Crippen LogP contribution is 2.39. The van der Waals surface area contributed by atoms with Crippen molar-refractivity contribution < 1.29 is 4.52 Å². The second-order valence-corrected chi connectivity index (χ2v) is 7.64. The summed E-state index contributed by atoms with van der Waals surface area (Å²) >= 11 is 0. The molecule has 25 heavy (non-hydrogen) atoms. The molecule has 2 saturated carbocycles. The van der Waals surface area contributed by atoms with Gasteiger partial charge in [-0.25, -0.2) is 4.68 Å². The number of nitrogens with zero attached hydrogens (tertiary/aromatic N) is 5. The number of rotatable bonds is 6. The van der Waals surface area contributed by atoms with E-state index in [4.69, 9.17) is 4.52 Å². The van der Waals surface area contributed by atoms with Gasteiger partial charge in [-0.05, 0) is 51.1 Å². The summed E-state index contributed by atoms with van der Waals surface area (Å²) in [6, 6.07) is 3.87. The zero-order valence-electron chi connectivity index (χ0n) is 14.3. The molecule has 7 heteroatoms. The van der Waals surface area contributed by atoms with Gasteiger partial charge in [0.25, 0.3) is 5.56 Å². The Labute approximate surface area is 146 Å². The molecular weight excluding hydrogens is 318 g/mol. The Hall–Kier alpha value is -2.02. The fourth-order valence-electron chi connectivity index (χ4n) is 3.71. The van der Waals surface area contributed by atoms with Crippen molar-refractivity contribution in [3.05, 3.63) is 39.9 Å². The maximum Gasteiger partial charge on any atom is 0.266 e. The molecule has 3 fully saturated rings. The molecule has 2 aromatic rings. The molecular formula is C18H23N5O2. The van der Waals surface area contributed by atoms with Gasteiger partial charge in [0, 0.05) is 23.9 Å². The van der Waals surface area contributed by atoms with Crippen LogP contribution in [-0.2, 0) is 13.1 Å². The van der Waals surface area contributed by atoms with Crippen LogP contribution < -0.4 is 5.56 Å². The van der Waals surface area contributed by atoms with E-state index in [-0.39, 0.29) is 5.56 Å². The van der Waals surface area contributed by atoms with E-state index in [0.717, 1.165) is 36.8 Å². The van der Waals surface area contributed by atoms with Gasteiger partial charge in [-0.2, -0.15) is 10.1 Å². The van der Waals surface area contributed by atoms with Crippen LogP contribution in [0.4, 0.5) is 0 Å². The maximum atomic E-state index is 12.2. The summed E-state index contributed by atoms with van der Waals surface area (Å²) < 4.78 is 7.02. The van der Waals surface area contributed by atoms with Crippen LogP contribution in [0.25, 0.3) is 0 Å². The van der Waals surface area contributed by atoms with Crippen LogP contribution in [0.15, 0.2) is 21.5 Å². The molecule has 1 aliphatic heterocycles. The van der Waals surface area contributed by atoms with Crippen molar-refractivity contribution in [1.29, 1.82) is 0 Å². The Morgan fingerprint density at radius 3 is 2.76 bits per heavy atom. The monoisotopic (exact) mass is 341 g/mol. The molecule has 3 aliphatic rings. The minimum absolute atomic E-state index is 0.00756. The smallest absolute Gasteiger partial charge is 0.266 e. The first-order chi connectivity index (χ1) is 12.3. The summed E-state index contributed by atoms with van der Waals surface area (Å²) in [5, 5.41) is 8.74. The molecule has 1 unspecified atom stereocenters. The summed E-state index contributed by atoms with van der Waals surface area (Å²) in [6.07, 6.45) is 6.94. The molecule has 0 aromatic carbocycles. The first kappa shape index (κ1) is 15.3. The topological polar surface area (TPSA) is 77.0 Å². The normalized spacial score (nSPS) is 24.1. The van der Waals surface area contributed by atoms with Gasteiger partial charge >= 0.3 is 0 Å². The lowest BCUT2D eigenvalue weighted by atomic mass is 10.2. The van der Waals surface area contributed by atoms with Crippen LogP contribution in [0.3, 0.4) is 0 Å². The second kappa shape index (κ2) is 6.05. The Kier molecular flexibility index (Phi) is 3.69. The third kappa shape index (κ3) is 3.25. The molecule has 5 rings (SSSR count). The third-order valence-electron chi connectivity index (χ3n) is 5.52. The van der Waals surface area contributed by atoms with Crippen molar-refractivity contribution in [2.24, 2.45) is 0 Å². The number of hydrogen-bond donors (Lipinski definition) is 0. The Morgan fingerprint density at radius 1 is 1.12 bits per heavy atom. The molecule has 0 spiro atoms. The van der Waals surface area contributed by atoms with Gasteiger partial charge in [0.1, 0.15) is 0 Å². The van der Waals surface area contributed by atoms with Crippen LogP contribution in [0.5, 0.6) is 0 Å². The van der Waals surface area contributed by atoms with Crippen molar-refractivity contribution in [2.45, 2.75) is 69.5 Å². The summed E-state index contributed by atoms with van der Waals surface area (Å²) in [5.41, 5.74) is 1.06. The molecule has 0 bridgehead atoms. The minimum atomic E-state index is -0.00756. The largest absolute Gasteiger partial charge is 0.339 e. The lowest BCUT2D eigenvalue weighted by molar-refractivity contribution is 0.208. The molecule has 0 radical (unpaired) electrons. The summed E-state index contributed by atoms with van der Waals surface area (Å²) in [7, 11) is 0. The van der Waals surface area contributed by atoms with Gasteiger partial charge in [-0.1, -0.05) is 5.16 Å². The van der Waals surface area contributed by atoms with Gasteiger partial charge < -0.3 is 4.52 Å².